The summed E-state index contributed by atoms with van der Waals surface area (Å²) < 4.78 is 62.8. The van der Waals surface area contributed by atoms with Crippen LogP contribution in [0.2, 0.25) is 0 Å². The SMILES string of the molecule is CC(Nc1c(F)cc(Br)cc1F)C(=O)NCC(F)(F)F. The second kappa shape index (κ2) is 6.38. The van der Waals surface area contributed by atoms with Crippen molar-refractivity contribution in [1.29, 1.82) is 0 Å². The number of halogens is 6. The Morgan fingerprint density at radius 2 is 1.80 bits per heavy atom. The van der Waals surface area contributed by atoms with Crippen molar-refractivity contribution in [2.75, 3.05) is 11.9 Å². The largest absolute Gasteiger partial charge is 0.405 e. The van der Waals surface area contributed by atoms with Gasteiger partial charge in [0.25, 0.3) is 0 Å². The number of carbonyl (C=O) groups excluding carboxylic acids is 1. The van der Waals surface area contributed by atoms with Crippen LogP contribution in [0, 0.1) is 11.6 Å². The van der Waals surface area contributed by atoms with Crippen LogP contribution in [0.5, 0.6) is 0 Å². The predicted molar refractivity (Wildman–Crippen MR) is 66.2 cm³/mol. The summed E-state index contributed by atoms with van der Waals surface area (Å²) in [6.45, 7) is -0.324. The van der Waals surface area contributed by atoms with Crippen molar-refractivity contribution in [3.63, 3.8) is 0 Å². The summed E-state index contributed by atoms with van der Waals surface area (Å²) in [5.41, 5.74) is -0.581. The molecule has 9 heteroatoms. The Labute approximate surface area is 119 Å². The van der Waals surface area contributed by atoms with Crippen molar-refractivity contribution in [2.45, 2.75) is 19.1 Å². The second-order valence-corrected chi connectivity index (χ2v) is 4.86. The Morgan fingerprint density at radius 3 is 2.25 bits per heavy atom. The lowest BCUT2D eigenvalue weighted by Crippen LogP contribution is -2.42. The molecule has 0 spiro atoms. The highest BCUT2D eigenvalue weighted by Crippen LogP contribution is 2.24. The summed E-state index contributed by atoms with van der Waals surface area (Å²) in [4.78, 5) is 11.4. The maximum absolute atomic E-state index is 13.5. The number of carbonyl (C=O) groups is 1. The van der Waals surface area contributed by atoms with Crippen LogP contribution in [-0.2, 0) is 4.79 Å². The van der Waals surface area contributed by atoms with Crippen molar-refractivity contribution in [2.24, 2.45) is 0 Å². The summed E-state index contributed by atoms with van der Waals surface area (Å²) in [6.07, 6.45) is -4.55. The first-order chi connectivity index (χ1) is 9.10. The molecule has 0 aliphatic rings. The summed E-state index contributed by atoms with van der Waals surface area (Å²) in [6, 6.07) is 0.694. The minimum atomic E-state index is -4.55. The third-order valence-electron chi connectivity index (χ3n) is 2.22. The molecule has 20 heavy (non-hydrogen) atoms. The number of alkyl halides is 3. The Hall–Kier alpha value is -1.38. The molecule has 1 aromatic carbocycles. The Bertz CT molecular complexity index is 483. The molecular formula is C11H10BrF5N2O. The fourth-order valence-electron chi connectivity index (χ4n) is 1.30. The van der Waals surface area contributed by atoms with Crippen LogP contribution < -0.4 is 10.6 Å². The van der Waals surface area contributed by atoms with Gasteiger partial charge in [0.1, 0.15) is 29.9 Å². The maximum atomic E-state index is 13.5. The highest BCUT2D eigenvalue weighted by molar-refractivity contribution is 9.10. The lowest BCUT2D eigenvalue weighted by molar-refractivity contribution is -0.138. The number of amides is 1. The smallest absolute Gasteiger partial charge is 0.369 e. The molecule has 0 aromatic heterocycles. The van der Waals surface area contributed by atoms with Gasteiger partial charge in [0.15, 0.2) is 0 Å². The summed E-state index contributed by atoms with van der Waals surface area (Å²) in [5, 5.41) is 3.80. The molecule has 0 aliphatic carbocycles. The van der Waals surface area contributed by atoms with E-state index >= 15 is 0 Å². The van der Waals surface area contributed by atoms with E-state index in [9.17, 15) is 26.7 Å². The zero-order chi connectivity index (χ0) is 15.5. The topological polar surface area (TPSA) is 41.1 Å². The Balaban J connectivity index is 2.71. The summed E-state index contributed by atoms with van der Waals surface area (Å²) in [7, 11) is 0. The first kappa shape index (κ1) is 16.7. The maximum Gasteiger partial charge on any atom is 0.405 e. The van der Waals surface area contributed by atoms with Crippen molar-refractivity contribution in [3.05, 3.63) is 28.2 Å². The molecule has 0 aliphatic heterocycles. The third kappa shape index (κ3) is 4.95. The van der Waals surface area contributed by atoms with Gasteiger partial charge in [-0.1, -0.05) is 15.9 Å². The number of hydrogen-bond acceptors (Lipinski definition) is 2. The molecule has 1 amide bonds. The van der Waals surface area contributed by atoms with Gasteiger partial charge in [0.2, 0.25) is 5.91 Å². The average molecular weight is 361 g/mol. The lowest BCUT2D eigenvalue weighted by Gasteiger charge is -2.17. The number of rotatable bonds is 4. The number of nitrogens with one attached hydrogen (secondary N) is 2. The van der Waals surface area contributed by atoms with Gasteiger partial charge in [0.05, 0.1) is 0 Å². The van der Waals surface area contributed by atoms with E-state index in [0.29, 0.717) is 0 Å². The van der Waals surface area contributed by atoms with Gasteiger partial charge in [-0.25, -0.2) is 8.78 Å². The van der Waals surface area contributed by atoms with Gasteiger partial charge in [-0.05, 0) is 19.1 Å². The van der Waals surface area contributed by atoms with Crippen molar-refractivity contribution < 1.29 is 26.7 Å². The zero-order valence-corrected chi connectivity index (χ0v) is 11.7. The monoisotopic (exact) mass is 360 g/mol. The zero-order valence-electron chi connectivity index (χ0n) is 10.1. The Morgan fingerprint density at radius 1 is 1.30 bits per heavy atom. The molecule has 112 valence electrons. The highest BCUT2D eigenvalue weighted by Gasteiger charge is 2.29. The van der Waals surface area contributed by atoms with E-state index in [2.05, 4.69) is 21.2 Å². The number of benzene rings is 1. The first-order valence-electron chi connectivity index (χ1n) is 5.35. The van der Waals surface area contributed by atoms with Crippen LogP contribution in [0.25, 0.3) is 0 Å². The normalized spacial score (nSPS) is 12.9. The molecule has 1 unspecified atom stereocenters. The van der Waals surface area contributed by atoms with Crippen molar-refractivity contribution >= 4 is 27.5 Å². The molecule has 0 fully saturated rings. The standard InChI is InChI=1S/C11H10BrF5N2O/c1-5(10(20)18-4-11(15,16)17)19-9-7(13)2-6(12)3-8(9)14/h2-3,5,19H,4H2,1H3,(H,18,20). The van der Waals surface area contributed by atoms with Gasteiger partial charge >= 0.3 is 6.18 Å². The van der Waals surface area contributed by atoms with Crippen molar-refractivity contribution in [3.8, 4) is 0 Å². The van der Waals surface area contributed by atoms with E-state index in [1.807, 2.05) is 0 Å². The molecule has 0 bridgehead atoms. The number of hydrogen-bond donors (Lipinski definition) is 2. The first-order valence-corrected chi connectivity index (χ1v) is 6.15. The van der Waals surface area contributed by atoms with Crippen LogP contribution >= 0.6 is 15.9 Å². The van der Waals surface area contributed by atoms with Gasteiger partial charge in [-0.3, -0.25) is 4.79 Å². The van der Waals surface area contributed by atoms with Crippen LogP contribution in [0.3, 0.4) is 0 Å². The molecular weight excluding hydrogens is 351 g/mol. The predicted octanol–water partition coefficient (Wildman–Crippen LogP) is 3.21. The molecule has 1 aromatic rings. The van der Waals surface area contributed by atoms with E-state index in [1.54, 1.807) is 5.32 Å². The minimum absolute atomic E-state index is 0.159. The summed E-state index contributed by atoms with van der Waals surface area (Å²) >= 11 is 2.88. The molecule has 2 N–H and O–H groups in total. The van der Waals surface area contributed by atoms with E-state index in [0.717, 1.165) is 12.1 Å². The molecule has 0 heterocycles. The van der Waals surface area contributed by atoms with Crippen LogP contribution in [0.1, 0.15) is 6.92 Å². The fraction of sp³-hybridized carbons (Fsp3) is 0.364. The minimum Gasteiger partial charge on any atom is -0.369 e. The van der Waals surface area contributed by atoms with Gasteiger partial charge < -0.3 is 10.6 Å². The van der Waals surface area contributed by atoms with E-state index < -0.39 is 42.0 Å². The van der Waals surface area contributed by atoms with E-state index in [-0.39, 0.29) is 4.47 Å². The fourth-order valence-corrected chi connectivity index (χ4v) is 1.70. The van der Waals surface area contributed by atoms with Crippen LogP contribution in [0.15, 0.2) is 16.6 Å². The highest BCUT2D eigenvalue weighted by atomic mass is 79.9. The van der Waals surface area contributed by atoms with E-state index in [1.165, 1.54) is 6.92 Å². The van der Waals surface area contributed by atoms with Gasteiger partial charge in [-0.15, -0.1) is 0 Å². The molecule has 1 rings (SSSR count). The lowest BCUT2D eigenvalue weighted by atomic mass is 10.2. The third-order valence-corrected chi connectivity index (χ3v) is 2.68. The van der Waals surface area contributed by atoms with Crippen molar-refractivity contribution in [1.82, 2.24) is 5.32 Å². The number of anilines is 1. The molecule has 1 atom stereocenters. The van der Waals surface area contributed by atoms with Crippen LogP contribution in [-0.4, -0.2) is 24.7 Å². The van der Waals surface area contributed by atoms with Gasteiger partial charge in [-0.2, -0.15) is 13.2 Å². The van der Waals surface area contributed by atoms with E-state index in [4.69, 9.17) is 0 Å². The average Bonchev–Trinajstić information content (AvgIpc) is 2.29. The Kier molecular flexibility index (Phi) is 5.32. The summed E-state index contributed by atoms with van der Waals surface area (Å²) in [5.74, 6) is -2.95. The molecule has 0 saturated heterocycles. The quantitative estimate of drug-likeness (QED) is 0.809. The molecule has 0 radical (unpaired) electrons. The molecule has 0 saturated carbocycles. The second-order valence-electron chi connectivity index (χ2n) is 3.94. The van der Waals surface area contributed by atoms with Crippen LogP contribution in [0.4, 0.5) is 27.6 Å². The molecule has 3 nitrogen and oxygen atoms in total. The van der Waals surface area contributed by atoms with Gasteiger partial charge in [0, 0.05) is 4.47 Å².